The fourth-order valence-corrected chi connectivity index (χ4v) is 1.44. The molecule has 4 N–H and O–H groups in total. The van der Waals surface area contributed by atoms with Gasteiger partial charge in [-0.05, 0) is 24.1 Å². The molecule has 1 aromatic rings. The number of rotatable bonds is 6. The van der Waals surface area contributed by atoms with E-state index in [4.69, 9.17) is 5.11 Å². The van der Waals surface area contributed by atoms with Crippen molar-refractivity contribution >= 4 is 23.6 Å². The van der Waals surface area contributed by atoms with Crippen molar-refractivity contribution < 1.29 is 19.5 Å². The number of carbonyl (C=O) groups excluding carboxylic acids is 2. The van der Waals surface area contributed by atoms with E-state index in [0.717, 1.165) is 12.0 Å². The highest BCUT2D eigenvalue weighted by Gasteiger charge is 2.06. The summed E-state index contributed by atoms with van der Waals surface area (Å²) in [6.07, 6.45) is 0.856. The maximum atomic E-state index is 11.5. The topological polar surface area (TPSA) is 108 Å². The number of benzene rings is 1. The van der Waals surface area contributed by atoms with Gasteiger partial charge in [-0.3, -0.25) is 9.59 Å². The summed E-state index contributed by atoms with van der Waals surface area (Å²) < 4.78 is 0. The zero-order valence-electron chi connectivity index (χ0n) is 11.1. The average Bonchev–Trinajstić information content (AvgIpc) is 2.43. The van der Waals surface area contributed by atoms with Crippen molar-refractivity contribution in [3.05, 3.63) is 29.8 Å². The molecule has 0 aliphatic carbocycles. The van der Waals surface area contributed by atoms with Crippen LogP contribution in [0.3, 0.4) is 0 Å². The maximum Gasteiger partial charge on any atom is 0.322 e. The number of nitrogens with one attached hydrogen (secondary N) is 3. The van der Waals surface area contributed by atoms with Crippen LogP contribution in [0.1, 0.15) is 12.5 Å². The average molecular weight is 279 g/mol. The molecule has 0 spiro atoms. The van der Waals surface area contributed by atoms with E-state index in [2.05, 4.69) is 16.0 Å². The molecule has 7 nitrogen and oxygen atoms in total. The summed E-state index contributed by atoms with van der Waals surface area (Å²) in [4.78, 5) is 33.0. The van der Waals surface area contributed by atoms with E-state index in [1.807, 2.05) is 25.1 Å². The van der Waals surface area contributed by atoms with Crippen LogP contribution in [0.25, 0.3) is 0 Å². The molecule has 0 unspecified atom stereocenters. The lowest BCUT2D eigenvalue weighted by molar-refractivity contribution is -0.137. The first kappa shape index (κ1) is 15.5. The molecule has 0 radical (unpaired) electrons. The molecule has 0 aliphatic rings. The van der Waals surface area contributed by atoms with Crippen molar-refractivity contribution in [2.45, 2.75) is 13.3 Å². The van der Waals surface area contributed by atoms with Crippen LogP contribution in [-0.4, -0.2) is 36.1 Å². The minimum absolute atomic E-state index is 0.285. The summed E-state index contributed by atoms with van der Waals surface area (Å²) >= 11 is 0. The Labute approximate surface area is 116 Å². The Balaban J connectivity index is 2.36. The zero-order valence-corrected chi connectivity index (χ0v) is 11.1. The van der Waals surface area contributed by atoms with E-state index in [9.17, 15) is 14.4 Å². The SMILES string of the molecule is CCc1cccc(NC(=O)NCC(=O)NCC(=O)O)c1. The number of hydrogen-bond donors (Lipinski definition) is 4. The number of amides is 3. The molecule has 7 heteroatoms. The highest BCUT2D eigenvalue weighted by Crippen LogP contribution is 2.10. The van der Waals surface area contributed by atoms with Crippen molar-refractivity contribution in [2.24, 2.45) is 0 Å². The molecule has 3 amide bonds. The molecule has 0 aliphatic heterocycles. The smallest absolute Gasteiger partial charge is 0.322 e. The second kappa shape index (κ2) is 7.78. The quantitative estimate of drug-likeness (QED) is 0.610. The van der Waals surface area contributed by atoms with E-state index in [-0.39, 0.29) is 6.54 Å². The second-order valence-electron chi connectivity index (χ2n) is 4.03. The normalized spacial score (nSPS) is 9.65. The van der Waals surface area contributed by atoms with Gasteiger partial charge in [0.25, 0.3) is 0 Å². The summed E-state index contributed by atoms with van der Waals surface area (Å²) in [5.41, 5.74) is 1.72. The van der Waals surface area contributed by atoms with Crippen molar-refractivity contribution in [1.82, 2.24) is 10.6 Å². The van der Waals surface area contributed by atoms with Crippen LogP contribution in [0.4, 0.5) is 10.5 Å². The molecule has 0 fully saturated rings. The van der Waals surface area contributed by atoms with Crippen molar-refractivity contribution in [3.8, 4) is 0 Å². The van der Waals surface area contributed by atoms with E-state index < -0.39 is 24.5 Å². The Morgan fingerprint density at radius 1 is 1.15 bits per heavy atom. The Kier molecular flexibility index (Phi) is 6.02. The summed E-state index contributed by atoms with van der Waals surface area (Å²) in [5, 5.41) is 15.4. The van der Waals surface area contributed by atoms with Gasteiger partial charge < -0.3 is 21.1 Å². The van der Waals surface area contributed by atoms with Gasteiger partial charge >= 0.3 is 12.0 Å². The number of carboxylic acid groups (broad SMARTS) is 1. The standard InChI is InChI=1S/C13H17N3O4/c1-2-9-4-3-5-10(6-9)16-13(20)15-7-11(17)14-8-12(18)19/h3-6H,2,7-8H2,1H3,(H,14,17)(H,18,19)(H2,15,16,20). The van der Waals surface area contributed by atoms with Crippen LogP contribution in [0.5, 0.6) is 0 Å². The third kappa shape index (κ3) is 5.85. The van der Waals surface area contributed by atoms with Gasteiger partial charge in [-0.2, -0.15) is 0 Å². The molecular weight excluding hydrogens is 262 g/mol. The van der Waals surface area contributed by atoms with Gasteiger partial charge in [-0.25, -0.2) is 4.79 Å². The van der Waals surface area contributed by atoms with Crippen LogP contribution >= 0.6 is 0 Å². The Morgan fingerprint density at radius 2 is 1.90 bits per heavy atom. The minimum atomic E-state index is -1.14. The minimum Gasteiger partial charge on any atom is -0.480 e. The second-order valence-corrected chi connectivity index (χ2v) is 4.03. The third-order valence-corrected chi connectivity index (χ3v) is 2.44. The predicted molar refractivity (Wildman–Crippen MR) is 73.5 cm³/mol. The summed E-state index contributed by atoms with van der Waals surface area (Å²) in [6, 6.07) is 6.83. The van der Waals surface area contributed by atoms with Gasteiger partial charge in [0.15, 0.2) is 0 Å². The summed E-state index contributed by atoms with van der Waals surface area (Å²) in [7, 11) is 0. The molecular formula is C13H17N3O4. The number of aryl methyl sites for hydroxylation is 1. The van der Waals surface area contributed by atoms with Gasteiger partial charge in [0.05, 0.1) is 6.54 Å². The first-order chi connectivity index (χ1) is 9.51. The number of urea groups is 1. The highest BCUT2D eigenvalue weighted by atomic mass is 16.4. The predicted octanol–water partition coefficient (Wildman–Crippen LogP) is 0.571. The van der Waals surface area contributed by atoms with E-state index >= 15 is 0 Å². The molecule has 0 bridgehead atoms. The lowest BCUT2D eigenvalue weighted by Gasteiger charge is -2.08. The van der Waals surface area contributed by atoms with Crippen molar-refractivity contribution in [2.75, 3.05) is 18.4 Å². The van der Waals surface area contributed by atoms with E-state index in [1.54, 1.807) is 6.07 Å². The fraction of sp³-hybridized carbons (Fsp3) is 0.308. The number of carboxylic acids is 1. The van der Waals surface area contributed by atoms with Crippen LogP contribution in [0, 0.1) is 0 Å². The third-order valence-electron chi connectivity index (χ3n) is 2.44. The molecule has 0 saturated carbocycles. The lowest BCUT2D eigenvalue weighted by atomic mass is 10.1. The van der Waals surface area contributed by atoms with Gasteiger partial charge in [0, 0.05) is 5.69 Å². The van der Waals surface area contributed by atoms with E-state index in [1.165, 1.54) is 0 Å². The largest absolute Gasteiger partial charge is 0.480 e. The molecule has 108 valence electrons. The first-order valence-electron chi connectivity index (χ1n) is 6.13. The molecule has 1 aromatic carbocycles. The molecule has 1 rings (SSSR count). The monoisotopic (exact) mass is 279 g/mol. The molecule has 0 atom stereocenters. The van der Waals surface area contributed by atoms with Gasteiger partial charge in [-0.1, -0.05) is 19.1 Å². The van der Waals surface area contributed by atoms with Crippen LogP contribution in [0.15, 0.2) is 24.3 Å². The molecule has 0 heterocycles. The highest BCUT2D eigenvalue weighted by molar-refractivity contribution is 5.92. The Bertz CT molecular complexity index is 502. The number of anilines is 1. The van der Waals surface area contributed by atoms with Crippen LogP contribution < -0.4 is 16.0 Å². The summed E-state index contributed by atoms with van der Waals surface area (Å²) in [6.45, 7) is 1.25. The van der Waals surface area contributed by atoms with Crippen molar-refractivity contribution in [3.63, 3.8) is 0 Å². The molecule has 20 heavy (non-hydrogen) atoms. The lowest BCUT2D eigenvalue weighted by Crippen LogP contribution is -2.40. The first-order valence-corrected chi connectivity index (χ1v) is 6.13. The Morgan fingerprint density at radius 3 is 2.55 bits per heavy atom. The van der Waals surface area contributed by atoms with Gasteiger partial charge in [-0.15, -0.1) is 0 Å². The van der Waals surface area contributed by atoms with E-state index in [0.29, 0.717) is 5.69 Å². The number of carbonyl (C=O) groups is 3. The van der Waals surface area contributed by atoms with Crippen LogP contribution in [0.2, 0.25) is 0 Å². The van der Waals surface area contributed by atoms with Crippen molar-refractivity contribution in [1.29, 1.82) is 0 Å². The van der Waals surface area contributed by atoms with Gasteiger partial charge in [0.1, 0.15) is 6.54 Å². The zero-order chi connectivity index (χ0) is 15.0. The summed E-state index contributed by atoms with van der Waals surface area (Å²) in [5.74, 6) is -1.70. The number of aliphatic carboxylic acids is 1. The number of hydrogen-bond acceptors (Lipinski definition) is 3. The Hall–Kier alpha value is -2.57. The maximum absolute atomic E-state index is 11.5. The van der Waals surface area contributed by atoms with Crippen LogP contribution in [-0.2, 0) is 16.0 Å². The molecule has 0 saturated heterocycles. The fourth-order valence-electron chi connectivity index (χ4n) is 1.44. The molecule has 0 aromatic heterocycles. The van der Waals surface area contributed by atoms with Gasteiger partial charge in [0.2, 0.25) is 5.91 Å².